The first-order chi connectivity index (χ1) is 20.2. The molecule has 0 amide bonds. The third-order valence-corrected chi connectivity index (χ3v) is 7.63. The first kappa shape index (κ1) is 37.1. The lowest BCUT2D eigenvalue weighted by Gasteiger charge is -2.33. The van der Waals surface area contributed by atoms with Crippen LogP contribution in [0.4, 0.5) is 5.69 Å². The monoisotopic (exact) mass is 619 g/mol. The minimum atomic E-state index is -3.79. The normalized spacial score (nSPS) is 14.4. The summed E-state index contributed by atoms with van der Waals surface area (Å²) in [5, 5.41) is 15.6. The summed E-state index contributed by atoms with van der Waals surface area (Å²) in [5.41, 5.74) is 17.3. The maximum Gasteiger partial charge on any atom is 0.328 e. The minimum Gasteiger partial charge on any atom is -0.478 e. The van der Waals surface area contributed by atoms with E-state index >= 15 is 0 Å². The van der Waals surface area contributed by atoms with Crippen LogP contribution in [0.2, 0.25) is 0 Å². The first-order valence-corrected chi connectivity index (χ1v) is 15.4. The zero-order chi connectivity index (χ0) is 32.3. The van der Waals surface area contributed by atoms with Gasteiger partial charge in [0, 0.05) is 30.9 Å². The average molecular weight is 620 g/mol. The highest BCUT2D eigenvalue weighted by atomic mass is 32.2. The van der Waals surface area contributed by atoms with E-state index in [0.717, 1.165) is 26.0 Å². The van der Waals surface area contributed by atoms with Gasteiger partial charge in [-0.1, -0.05) is 56.0 Å². The SMILES string of the molecule is CN(C)CCCOC1(Cc2ccccc2)CCCCCC1.NC(N)=NS(=O)(=O)c1ccc(N)cc1.O=C(O)/C=C/C(=O)O. The van der Waals surface area contributed by atoms with Crippen LogP contribution in [0.1, 0.15) is 50.5 Å². The van der Waals surface area contributed by atoms with Gasteiger partial charge in [0.15, 0.2) is 0 Å². The van der Waals surface area contributed by atoms with Crippen LogP contribution in [0.15, 0.2) is 76.0 Å². The lowest BCUT2D eigenvalue weighted by atomic mass is 9.87. The van der Waals surface area contributed by atoms with E-state index in [2.05, 4.69) is 53.7 Å². The van der Waals surface area contributed by atoms with Gasteiger partial charge in [-0.15, -0.1) is 4.40 Å². The third kappa shape index (κ3) is 16.9. The van der Waals surface area contributed by atoms with Gasteiger partial charge >= 0.3 is 11.9 Å². The Morgan fingerprint density at radius 2 is 1.47 bits per heavy atom. The summed E-state index contributed by atoms with van der Waals surface area (Å²) in [7, 11) is 0.467. The number of guanidine groups is 1. The predicted molar refractivity (Wildman–Crippen MR) is 168 cm³/mol. The molecule has 1 fully saturated rings. The number of nitrogens with two attached hydrogens (primary N) is 3. The molecule has 3 rings (SSSR count). The molecule has 1 saturated carbocycles. The Balaban J connectivity index is 0.000000362. The van der Waals surface area contributed by atoms with Crippen LogP contribution in [-0.2, 0) is 30.8 Å². The lowest BCUT2D eigenvalue weighted by molar-refractivity contribution is -0.134. The lowest BCUT2D eigenvalue weighted by Crippen LogP contribution is -2.35. The Hall–Kier alpha value is -3.94. The van der Waals surface area contributed by atoms with E-state index in [0.29, 0.717) is 17.8 Å². The van der Waals surface area contributed by atoms with Gasteiger partial charge in [-0.2, -0.15) is 8.42 Å². The van der Waals surface area contributed by atoms with Crippen molar-refractivity contribution in [3.8, 4) is 0 Å². The summed E-state index contributed by atoms with van der Waals surface area (Å²) in [5.74, 6) is -3.01. The maximum atomic E-state index is 11.4. The van der Waals surface area contributed by atoms with E-state index in [4.69, 9.17) is 32.2 Å². The molecule has 1 aliphatic carbocycles. The molecule has 1 aliphatic rings. The number of nitrogen functional groups attached to an aromatic ring is 1. The van der Waals surface area contributed by atoms with Gasteiger partial charge in [-0.25, -0.2) is 9.59 Å². The quantitative estimate of drug-likeness (QED) is 0.0615. The van der Waals surface area contributed by atoms with E-state index in [1.165, 1.54) is 68.4 Å². The number of hydrogen-bond donors (Lipinski definition) is 5. The standard InChI is InChI=1S/C19H31NO.C7H10N4O2S.C4H4O4/c1-20(2)15-10-16-21-19(13-8-3-4-9-14-19)17-18-11-6-5-7-12-18;8-5-1-3-6(4-2-5)14(12,13)11-7(9)10;5-3(6)1-2-4(7)8/h5-7,11-12H,3-4,8-10,13-17H2,1-2H3;1-4H,8H2,(H4,9,10,11);1-2H,(H,5,6)(H,7,8)/b;;2-1+. The number of nitrogens with zero attached hydrogens (tertiary/aromatic N) is 2. The maximum absolute atomic E-state index is 11.4. The molecule has 2 aromatic rings. The zero-order valence-electron chi connectivity index (χ0n) is 24.9. The molecule has 8 N–H and O–H groups in total. The third-order valence-electron chi connectivity index (χ3n) is 6.31. The smallest absolute Gasteiger partial charge is 0.328 e. The Morgan fingerprint density at radius 3 is 1.93 bits per heavy atom. The van der Waals surface area contributed by atoms with E-state index in [1.54, 1.807) is 0 Å². The summed E-state index contributed by atoms with van der Waals surface area (Å²) in [6, 6.07) is 16.4. The summed E-state index contributed by atoms with van der Waals surface area (Å²) >= 11 is 0. The molecule has 0 bridgehead atoms. The molecule has 0 atom stereocenters. The van der Waals surface area contributed by atoms with Crippen LogP contribution in [0.5, 0.6) is 0 Å². The van der Waals surface area contributed by atoms with Gasteiger partial charge in [0.2, 0.25) is 5.96 Å². The highest BCUT2D eigenvalue weighted by Gasteiger charge is 2.31. The summed E-state index contributed by atoms with van der Waals surface area (Å²) in [6.07, 6.45) is 11.2. The highest BCUT2D eigenvalue weighted by molar-refractivity contribution is 7.90. The van der Waals surface area contributed by atoms with Crippen molar-refractivity contribution in [2.24, 2.45) is 15.9 Å². The van der Waals surface area contributed by atoms with Crippen LogP contribution in [0, 0.1) is 0 Å². The zero-order valence-corrected chi connectivity index (χ0v) is 25.7. The molecule has 0 unspecified atom stereocenters. The number of anilines is 1. The second-order valence-electron chi connectivity index (χ2n) is 10.3. The van der Waals surface area contributed by atoms with Crippen LogP contribution in [-0.4, -0.2) is 74.3 Å². The molecular weight excluding hydrogens is 574 g/mol. The molecule has 13 heteroatoms. The second-order valence-corrected chi connectivity index (χ2v) is 11.9. The molecule has 0 heterocycles. The Kier molecular flexibility index (Phi) is 16.6. The Bertz CT molecular complexity index is 1250. The van der Waals surface area contributed by atoms with E-state index in [9.17, 15) is 18.0 Å². The number of aliphatic carboxylic acids is 2. The molecule has 0 spiro atoms. The second kappa shape index (κ2) is 19.3. The highest BCUT2D eigenvalue weighted by Crippen LogP contribution is 2.34. The van der Waals surface area contributed by atoms with Crippen LogP contribution < -0.4 is 17.2 Å². The van der Waals surface area contributed by atoms with Crippen molar-refractivity contribution in [1.82, 2.24) is 4.90 Å². The van der Waals surface area contributed by atoms with Gasteiger partial charge in [0.25, 0.3) is 10.0 Å². The van der Waals surface area contributed by atoms with Crippen LogP contribution >= 0.6 is 0 Å². The fourth-order valence-electron chi connectivity index (χ4n) is 4.36. The molecular formula is C30H45N5O7S. The molecule has 2 aromatic carbocycles. The van der Waals surface area contributed by atoms with Crippen molar-refractivity contribution in [3.63, 3.8) is 0 Å². The van der Waals surface area contributed by atoms with Crippen molar-refractivity contribution in [3.05, 3.63) is 72.3 Å². The largest absolute Gasteiger partial charge is 0.478 e. The molecule has 238 valence electrons. The average Bonchev–Trinajstić information content (AvgIpc) is 3.16. The van der Waals surface area contributed by atoms with Crippen LogP contribution in [0.25, 0.3) is 0 Å². The van der Waals surface area contributed by atoms with Crippen LogP contribution in [0.3, 0.4) is 0 Å². The predicted octanol–water partition coefficient (Wildman–Crippen LogP) is 3.23. The summed E-state index contributed by atoms with van der Waals surface area (Å²) in [6.45, 7) is 2.01. The van der Waals surface area contributed by atoms with Gasteiger partial charge in [0.05, 0.1) is 10.5 Å². The number of ether oxygens (including phenoxy) is 1. The number of carbonyl (C=O) groups is 2. The number of carboxylic acids is 2. The van der Waals surface area contributed by atoms with Crippen molar-refractivity contribution in [2.75, 3.05) is 33.0 Å². The van der Waals surface area contributed by atoms with Crippen molar-refractivity contribution >= 4 is 33.6 Å². The number of sulfonamides is 1. The number of rotatable bonds is 11. The Morgan fingerprint density at radius 1 is 0.930 bits per heavy atom. The van der Waals surface area contributed by atoms with Gasteiger partial charge < -0.3 is 37.1 Å². The van der Waals surface area contributed by atoms with Gasteiger partial charge in [-0.05, 0) is 69.7 Å². The van der Waals surface area contributed by atoms with Gasteiger partial charge in [-0.3, -0.25) is 0 Å². The van der Waals surface area contributed by atoms with E-state index in [-0.39, 0.29) is 10.5 Å². The molecule has 0 radical (unpaired) electrons. The molecule has 0 saturated heterocycles. The number of carboxylic acid groups (broad SMARTS) is 2. The van der Waals surface area contributed by atoms with E-state index in [1.807, 2.05) is 0 Å². The van der Waals surface area contributed by atoms with Crippen molar-refractivity contribution in [1.29, 1.82) is 0 Å². The topological polar surface area (TPSA) is 212 Å². The molecule has 43 heavy (non-hydrogen) atoms. The Labute approximate surface area is 254 Å². The number of benzene rings is 2. The first-order valence-electron chi connectivity index (χ1n) is 13.9. The minimum absolute atomic E-state index is 0.0000926. The fraction of sp³-hybridized carbons (Fsp3) is 0.433. The fourth-order valence-corrected chi connectivity index (χ4v) is 5.22. The molecule has 0 aliphatic heterocycles. The van der Waals surface area contributed by atoms with E-state index < -0.39 is 27.9 Å². The van der Waals surface area contributed by atoms with Crippen molar-refractivity contribution in [2.45, 2.75) is 61.9 Å². The molecule has 0 aromatic heterocycles. The summed E-state index contributed by atoms with van der Waals surface area (Å²) in [4.78, 5) is 21.3. The van der Waals surface area contributed by atoms with Crippen molar-refractivity contribution < 1.29 is 33.0 Å². The summed E-state index contributed by atoms with van der Waals surface area (Å²) < 4.78 is 32.3. The number of hydrogen-bond acceptors (Lipinski definition) is 7. The van der Waals surface area contributed by atoms with Gasteiger partial charge in [0.1, 0.15) is 0 Å². The molecule has 12 nitrogen and oxygen atoms in total.